The van der Waals surface area contributed by atoms with Crippen LogP contribution in [0.15, 0.2) is 4.99 Å². The normalized spacial score (nSPS) is 12.8. The van der Waals surface area contributed by atoms with Crippen LogP contribution in [0.5, 0.6) is 0 Å². The van der Waals surface area contributed by atoms with Gasteiger partial charge in [-0.25, -0.2) is 0 Å². The first-order valence-electron chi connectivity index (χ1n) is 5.08. The van der Waals surface area contributed by atoms with E-state index in [0.29, 0.717) is 12.5 Å². The van der Waals surface area contributed by atoms with Crippen molar-refractivity contribution in [1.29, 1.82) is 0 Å². The Morgan fingerprint density at radius 2 is 2.00 bits per heavy atom. The van der Waals surface area contributed by atoms with Gasteiger partial charge in [-0.05, 0) is 27.7 Å². The molecule has 0 saturated carbocycles. The topological polar surface area (TPSA) is 79.5 Å². The fraction of sp³-hybridized carbons (Fsp3) is 0.800. The lowest BCUT2D eigenvalue weighted by Gasteiger charge is -2.20. The Morgan fingerprint density at radius 1 is 1.47 bits per heavy atom. The predicted molar refractivity (Wildman–Crippen MR) is 62.6 cm³/mol. The molecule has 0 aromatic heterocycles. The van der Waals surface area contributed by atoms with Crippen molar-refractivity contribution in [3.05, 3.63) is 0 Å². The van der Waals surface area contributed by atoms with Crippen molar-refractivity contribution < 1.29 is 4.79 Å². The zero-order chi connectivity index (χ0) is 12.1. The van der Waals surface area contributed by atoms with Gasteiger partial charge in [0.15, 0.2) is 5.96 Å². The van der Waals surface area contributed by atoms with Crippen LogP contribution in [-0.2, 0) is 4.79 Å². The van der Waals surface area contributed by atoms with Gasteiger partial charge in [0.05, 0.1) is 12.0 Å². The van der Waals surface area contributed by atoms with E-state index in [9.17, 15) is 4.79 Å². The first-order chi connectivity index (χ1) is 6.79. The minimum atomic E-state index is -0.530. The third-order valence-corrected chi connectivity index (χ3v) is 1.92. The Hall–Kier alpha value is -1.26. The molecule has 0 aromatic rings. The van der Waals surface area contributed by atoms with Crippen molar-refractivity contribution >= 4 is 11.9 Å². The molecule has 0 spiro atoms. The Bertz CT molecular complexity index is 246. The number of nitrogens with zero attached hydrogens (tertiary/aromatic N) is 1. The molecular weight excluding hydrogens is 192 g/mol. The number of hydrogen-bond acceptors (Lipinski definition) is 2. The highest BCUT2D eigenvalue weighted by atomic mass is 16.2. The lowest BCUT2D eigenvalue weighted by molar-refractivity contribution is -0.128. The molecule has 5 nitrogen and oxygen atoms in total. The largest absolute Gasteiger partial charge is 0.370 e. The summed E-state index contributed by atoms with van der Waals surface area (Å²) in [7, 11) is 1.61. The Kier molecular flexibility index (Phi) is 5.11. The maximum atomic E-state index is 11.4. The number of hydrogen-bond donors (Lipinski definition) is 3. The van der Waals surface area contributed by atoms with Crippen molar-refractivity contribution in [3.8, 4) is 0 Å². The quantitative estimate of drug-likeness (QED) is 0.458. The monoisotopic (exact) mass is 214 g/mol. The molecule has 0 saturated heterocycles. The molecule has 0 radical (unpaired) electrons. The molecule has 88 valence electrons. The molecule has 15 heavy (non-hydrogen) atoms. The van der Waals surface area contributed by atoms with Crippen molar-refractivity contribution in [2.45, 2.75) is 33.7 Å². The van der Waals surface area contributed by atoms with E-state index < -0.39 is 5.41 Å². The Morgan fingerprint density at radius 3 is 2.40 bits per heavy atom. The van der Waals surface area contributed by atoms with Gasteiger partial charge < -0.3 is 16.4 Å². The van der Waals surface area contributed by atoms with Crippen LogP contribution in [0.4, 0.5) is 0 Å². The summed E-state index contributed by atoms with van der Waals surface area (Å²) in [5.74, 6) is 0.338. The summed E-state index contributed by atoms with van der Waals surface area (Å²) in [6.45, 7) is 7.99. The number of nitrogens with one attached hydrogen (secondary N) is 2. The number of guanidine groups is 1. The molecule has 0 fully saturated rings. The third kappa shape index (κ3) is 5.24. The van der Waals surface area contributed by atoms with E-state index in [4.69, 9.17) is 5.73 Å². The van der Waals surface area contributed by atoms with Gasteiger partial charge in [0, 0.05) is 13.1 Å². The van der Waals surface area contributed by atoms with Gasteiger partial charge in [-0.1, -0.05) is 0 Å². The van der Waals surface area contributed by atoms with Crippen LogP contribution in [0.2, 0.25) is 0 Å². The smallest absolute Gasteiger partial charge is 0.227 e. The van der Waals surface area contributed by atoms with E-state index >= 15 is 0 Å². The predicted octanol–water partition coefficient (Wildman–Crippen LogP) is 0.0713. The van der Waals surface area contributed by atoms with E-state index in [1.165, 1.54) is 0 Å². The van der Waals surface area contributed by atoms with Crippen LogP contribution in [0.1, 0.15) is 27.7 Å². The molecule has 0 heterocycles. The van der Waals surface area contributed by atoms with E-state index in [1.54, 1.807) is 7.05 Å². The maximum absolute atomic E-state index is 11.4. The molecule has 0 atom stereocenters. The van der Waals surface area contributed by atoms with E-state index in [1.807, 2.05) is 27.7 Å². The number of carbonyl (C=O) groups excluding carboxylic acids is 1. The SMILES string of the molecule is CNC(=O)C(C)(C)CN=C(N)NC(C)C. The highest BCUT2D eigenvalue weighted by molar-refractivity contribution is 5.83. The minimum absolute atomic E-state index is 0.0383. The average molecular weight is 214 g/mol. The number of amides is 1. The van der Waals surface area contributed by atoms with Gasteiger partial charge >= 0.3 is 0 Å². The second-order valence-electron chi connectivity index (χ2n) is 4.46. The van der Waals surface area contributed by atoms with E-state index in [-0.39, 0.29) is 11.9 Å². The molecule has 0 aliphatic heterocycles. The zero-order valence-electron chi connectivity index (χ0n) is 10.2. The highest BCUT2D eigenvalue weighted by Crippen LogP contribution is 2.14. The van der Waals surface area contributed by atoms with Gasteiger partial charge in [-0.3, -0.25) is 9.79 Å². The Labute approximate surface area is 91.5 Å². The summed E-state index contributed by atoms with van der Waals surface area (Å²) < 4.78 is 0. The third-order valence-electron chi connectivity index (χ3n) is 1.92. The number of rotatable bonds is 4. The lowest BCUT2D eigenvalue weighted by atomic mass is 9.93. The van der Waals surface area contributed by atoms with E-state index in [2.05, 4.69) is 15.6 Å². The van der Waals surface area contributed by atoms with Crippen LogP contribution < -0.4 is 16.4 Å². The van der Waals surface area contributed by atoms with Gasteiger partial charge in [-0.2, -0.15) is 0 Å². The molecular formula is C10H22N4O. The first-order valence-corrected chi connectivity index (χ1v) is 5.08. The minimum Gasteiger partial charge on any atom is -0.370 e. The molecule has 1 amide bonds. The van der Waals surface area contributed by atoms with Crippen molar-refractivity contribution in [2.24, 2.45) is 16.1 Å². The van der Waals surface area contributed by atoms with Crippen LogP contribution in [0.25, 0.3) is 0 Å². The molecule has 5 heteroatoms. The zero-order valence-corrected chi connectivity index (χ0v) is 10.2. The maximum Gasteiger partial charge on any atom is 0.227 e. The van der Waals surface area contributed by atoms with Gasteiger partial charge in [0.2, 0.25) is 5.91 Å². The second-order valence-corrected chi connectivity index (χ2v) is 4.46. The molecule has 0 aromatic carbocycles. The molecule has 0 aliphatic carbocycles. The summed E-state index contributed by atoms with van der Waals surface area (Å²) in [5.41, 5.74) is 5.10. The van der Waals surface area contributed by atoms with Gasteiger partial charge in [0.1, 0.15) is 0 Å². The van der Waals surface area contributed by atoms with E-state index in [0.717, 1.165) is 0 Å². The van der Waals surface area contributed by atoms with Crippen LogP contribution in [-0.4, -0.2) is 31.5 Å². The van der Waals surface area contributed by atoms with Gasteiger partial charge in [-0.15, -0.1) is 0 Å². The molecule has 0 bridgehead atoms. The average Bonchev–Trinajstić information content (AvgIpc) is 2.12. The number of nitrogens with two attached hydrogens (primary N) is 1. The van der Waals surface area contributed by atoms with Gasteiger partial charge in [0.25, 0.3) is 0 Å². The summed E-state index contributed by atoms with van der Waals surface area (Å²) >= 11 is 0. The fourth-order valence-corrected chi connectivity index (χ4v) is 1.03. The molecule has 4 N–H and O–H groups in total. The Balaban J connectivity index is 4.29. The van der Waals surface area contributed by atoms with Crippen molar-refractivity contribution in [1.82, 2.24) is 10.6 Å². The molecule has 0 rings (SSSR count). The number of aliphatic imine (C=N–C) groups is 1. The van der Waals surface area contributed by atoms with Crippen LogP contribution in [0.3, 0.4) is 0 Å². The fourth-order valence-electron chi connectivity index (χ4n) is 1.03. The highest BCUT2D eigenvalue weighted by Gasteiger charge is 2.26. The number of carbonyl (C=O) groups is 1. The summed E-state index contributed by atoms with van der Waals surface area (Å²) in [6.07, 6.45) is 0. The second kappa shape index (κ2) is 5.58. The standard InChI is InChI=1S/C10H22N4O/c1-7(2)14-9(11)13-6-10(3,4)8(15)12-5/h7H,6H2,1-5H3,(H,12,15)(H3,11,13,14). The lowest BCUT2D eigenvalue weighted by Crippen LogP contribution is -2.40. The van der Waals surface area contributed by atoms with Crippen molar-refractivity contribution in [2.75, 3.05) is 13.6 Å². The summed E-state index contributed by atoms with van der Waals surface area (Å²) in [6, 6.07) is 0.247. The van der Waals surface area contributed by atoms with Crippen molar-refractivity contribution in [3.63, 3.8) is 0 Å². The first kappa shape index (κ1) is 13.7. The summed E-state index contributed by atoms with van der Waals surface area (Å²) in [4.78, 5) is 15.6. The molecule has 0 unspecified atom stereocenters. The van der Waals surface area contributed by atoms with Crippen LogP contribution >= 0.6 is 0 Å². The van der Waals surface area contributed by atoms with Crippen LogP contribution in [0, 0.1) is 5.41 Å². The molecule has 0 aliphatic rings. The summed E-state index contributed by atoms with van der Waals surface area (Å²) in [5, 5.41) is 5.57.